The summed E-state index contributed by atoms with van der Waals surface area (Å²) in [4.78, 5) is 17.5. The summed E-state index contributed by atoms with van der Waals surface area (Å²) in [6, 6.07) is 15.1. The molecule has 11 heteroatoms. The van der Waals surface area contributed by atoms with Gasteiger partial charge < -0.3 is 19.4 Å². The molecule has 5 rings (SSSR count). The number of aliphatic imine (C=N–C) groups is 1. The molecule has 34 heavy (non-hydrogen) atoms. The van der Waals surface area contributed by atoms with E-state index in [-0.39, 0.29) is 24.1 Å². The Balaban J connectivity index is 1.63. The number of amides is 1. The van der Waals surface area contributed by atoms with Crippen LogP contribution in [-0.4, -0.2) is 33.3 Å². The molecule has 3 aromatic rings. The molecule has 0 aliphatic carbocycles. The monoisotopic (exact) mass is 483 g/mol. The molecular formula is C23H18FN3O6S. The number of guanidine groups is 1. The van der Waals surface area contributed by atoms with E-state index in [1.54, 1.807) is 18.2 Å². The number of rotatable bonds is 5. The fraction of sp³-hybridized carbons (Fsp3) is 0.130. The van der Waals surface area contributed by atoms with Gasteiger partial charge in [0.05, 0.1) is 6.26 Å². The van der Waals surface area contributed by atoms with Gasteiger partial charge in [0, 0.05) is 5.56 Å². The van der Waals surface area contributed by atoms with E-state index < -0.39 is 27.4 Å². The van der Waals surface area contributed by atoms with Gasteiger partial charge in [0.2, 0.25) is 6.79 Å². The van der Waals surface area contributed by atoms with Crippen LogP contribution >= 0.6 is 0 Å². The Hall–Kier alpha value is -4.12. The molecule has 0 saturated carbocycles. The van der Waals surface area contributed by atoms with Gasteiger partial charge in [-0.3, -0.25) is 10.1 Å². The third-order valence-corrected chi connectivity index (χ3v) is 5.94. The topological polar surface area (TPSA) is 129 Å². The summed E-state index contributed by atoms with van der Waals surface area (Å²) in [5.41, 5.74) is 5.70. The molecule has 1 atom stereocenters. The molecule has 0 aromatic heterocycles. The van der Waals surface area contributed by atoms with Gasteiger partial charge >= 0.3 is 10.1 Å². The quantitative estimate of drug-likeness (QED) is 0.533. The molecule has 2 heterocycles. The fourth-order valence-corrected chi connectivity index (χ4v) is 4.45. The molecule has 1 unspecified atom stereocenters. The third kappa shape index (κ3) is 3.69. The second kappa shape index (κ2) is 7.73. The lowest BCUT2D eigenvalue weighted by molar-refractivity contribution is -0.122. The summed E-state index contributed by atoms with van der Waals surface area (Å²) in [5.74, 6) is -0.0394. The van der Waals surface area contributed by atoms with Crippen LogP contribution in [0, 0.1) is 5.82 Å². The van der Waals surface area contributed by atoms with Crippen molar-refractivity contribution in [1.29, 1.82) is 0 Å². The summed E-state index contributed by atoms with van der Waals surface area (Å²) in [5, 5.41) is 2.50. The Bertz CT molecular complexity index is 1460. The van der Waals surface area contributed by atoms with Crippen molar-refractivity contribution in [2.24, 2.45) is 10.7 Å². The summed E-state index contributed by atoms with van der Waals surface area (Å²) in [6.07, 6.45) is 0.925. The molecule has 2 aliphatic rings. The molecular weight excluding hydrogens is 465 g/mol. The van der Waals surface area contributed by atoms with Gasteiger partial charge in [-0.15, -0.1) is 0 Å². The molecule has 0 spiro atoms. The Morgan fingerprint density at radius 2 is 1.74 bits per heavy atom. The van der Waals surface area contributed by atoms with E-state index in [9.17, 15) is 17.6 Å². The highest BCUT2D eigenvalue weighted by atomic mass is 32.2. The number of ether oxygens (including phenoxy) is 2. The van der Waals surface area contributed by atoms with Crippen molar-refractivity contribution in [2.45, 2.75) is 5.54 Å². The molecule has 0 radical (unpaired) electrons. The highest BCUT2D eigenvalue weighted by molar-refractivity contribution is 7.86. The zero-order valence-electron chi connectivity index (χ0n) is 17.7. The minimum atomic E-state index is -3.73. The van der Waals surface area contributed by atoms with Gasteiger partial charge in [0.15, 0.2) is 23.0 Å². The van der Waals surface area contributed by atoms with Crippen molar-refractivity contribution in [3.8, 4) is 28.4 Å². The first-order valence-electron chi connectivity index (χ1n) is 10.0. The van der Waals surface area contributed by atoms with E-state index in [1.165, 1.54) is 42.5 Å². The highest BCUT2D eigenvalue weighted by Gasteiger charge is 2.47. The van der Waals surface area contributed by atoms with Crippen LogP contribution in [0.1, 0.15) is 11.1 Å². The average molecular weight is 483 g/mol. The molecule has 174 valence electrons. The van der Waals surface area contributed by atoms with E-state index in [0.29, 0.717) is 28.2 Å². The lowest BCUT2D eigenvalue weighted by Crippen LogP contribution is -2.39. The lowest BCUT2D eigenvalue weighted by atomic mass is 9.82. The molecule has 9 nitrogen and oxygen atoms in total. The molecule has 0 saturated heterocycles. The average Bonchev–Trinajstić information content (AvgIpc) is 3.37. The Morgan fingerprint density at radius 1 is 1.03 bits per heavy atom. The number of carbonyl (C=O) groups excluding carboxylic acids is 1. The van der Waals surface area contributed by atoms with Crippen LogP contribution < -0.4 is 24.7 Å². The van der Waals surface area contributed by atoms with E-state index in [1.807, 2.05) is 0 Å². The van der Waals surface area contributed by atoms with E-state index in [4.69, 9.17) is 19.4 Å². The van der Waals surface area contributed by atoms with Crippen LogP contribution in [0.2, 0.25) is 0 Å². The zero-order chi connectivity index (χ0) is 24.1. The first-order chi connectivity index (χ1) is 16.2. The number of fused-ring (bicyclic) bond motifs is 1. The molecule has 0 bridgehead atoms. The number of nitrogens with one attached hydrogen (secondary N) is 1. The van der Waals surface area contributed by atoms with Crippen LogP contribution in [0.25, 0.3) is 11.1 Å². The highest BCUT2D eigenvalue weighted by Crippen LogP contribution is 2.41. The number of benzene rings is 3. The van der Waals surface area contributed by atoms with E-state index >= 15 is 0 Å². The van der Waals surface area contributed by atoms with Crippen LogP contribution in [0.4, 0.5) is 4.39 Å². The van der Waals surface area contributed by atoms with Gasteiger partial charge in [-0.2, -0.15) is 8.42 Å². The Morgan fingerprint density at radius 3 is 2.41 bits per heavy atom. The molecule has 1 amide bonds. The van der Waals surface area contributed by atoms with Gasteiger partial charge in [-0.05, 0) is 53.1 Å². The number of hydrogen-bond donors (Lipinski definition) is 2. The maximum Gasteiger partial charge on any atom is 0.306 e. The minimum Gasteiger partial charge on any atom is -0.454 e. The summed E-state index contributed by atoms with van der Waals surface area (Å²) in [7, 11) is -3.73. The molecule has 3 aromatic carbocycles. The molecule has 2 aliphatic heterocycles. The van der Waals surface area contributed by atoms with Crippen molar-refractivity contribution in [3.63, 3.8) is 0 Å². The standard InChI is InChI=1S/C23H18FN3O6S/c1-34(29,30)33-16-6-3-14(4-7-16)23(21(28)26-22(25)27-23)15-5-8-18(24)17(11-15)13-2-9-19-20(10-13)32-12-31-19/h2-11H,12H2,1H3,(H3,25,26,27,28). The fourth-order valence-electron chi connectivity index (χ4n) is 3.99. The maximum atomic E-state index is 14.9. The van der Waals surface area contributed by atoms with Crippen LogP contribution in [0.3, 0.4) is 0 Å². The van der Waals surface area contributed by atoms with Gasteiger partial charge in [-0.1, -0.05) is 24.3 Å². The summed E-state index contributed by atoms with van der Waals surface area (Å²) in [6.45, 7) is 0.0810. The first kappa shape index (κ1) is 21.7. The van der Waals surface area contributed by atoms with Crippen molar-refractivity contribution in [3.05, 3.63) is 77.6 Å². The number of nitrogens with two attached hydrogens (primary N) is 1. The summed E-state index contributed by atoms with van der Waals surface area (Å²) >= 11 is 0. The van der Waals surface area contributed by atoms with E-state index in [2.05, 4.69) is 10.3 Å². The van der Waals surface area contributed by atoms with E-state index in [0.717, 1.165) is 6.26 Å². The second-order valence-corrected chi connectivity index (χ2v) is 9.31. The Labute approximate surface area is 194 Å². The van der Waals surface area contributed by atoms with Crippen molar-refractivity contribution in [2.75, 3.05) is 13.0 Å². The van der Waals surface area contributed by atoms with Crippen LogP contribution in [0.5, 0.6) is 17.2 Å². The van der Waals surface area contributed by atoms with Gasteiger partial charge in [0.25, 0.3) is 5.91 Å². The van der Waals surface area contributed by atoms with Crippen LogP contribution in [0.15, 0.2) is 65.7 Å². The lowest BCUT2D eigenvalue weighted by Gasteiger charge is -2.25. The Kier molecular flexibility index (Phi) is 4.94. The second-order valence-electron chi connectivity index (χ2n) is 7.74. The van der Waals surface area contributed by atoms with Crippen molar-refractivity contribution in [1.82, 2.24) is 5.32 Å². The number of hydrogen-bond acceptors (Lipinski definition) is 8. The number of halogens is 1. The number of carbonyl (C=O) groups is 1. The zero-order valence-corrected chi connectivity index (χ0v) is 18.6. The van der Waals surface area contributed by atoms with Crippen LogP contribution in [-0.2, 0) is 20.5 Å². The van der Waals surface area contributed by atoms with Gasteiger partial charge in [0.1, 0.15) is 11.6 Å². The third-order valence-electron chi connectivity index (χ3n) is 5.45. The predicted molar refractivity (Wildman–Crippen MR) is 120 cm³/mol. The maximum absolute atomic E-state index is 14.9. The first-order valence-corrected chi connectivity index (χ1v) is 11.8. The van der Waals surface area contributed by atoms with Crippen molar-refractivity contribution >= 4 is 22.0 Å². The summed E-state index contributed by atoms with van der Waals surface area (Å²) < 4.78 is 53.3. The van der Waals surface area contributed by atoms with Crippen molar-refractivity contribution < 1.29 is 31.3 Å². The SMILES string of the molecule is CS(=O)(=O)Oc1ccc(C2(c3ccc(F)c(-c4ccc5c(c4)OCO5)c3)N=C(N)NC2=O)cc1. The number of nitrogens with zero attached hydrogens (tertiary/aromatic N) is 1. The largest absolute Gasteiger partial charge is 0.454 e. The molecule has 3 N–H and O–H groups in total. The van der Waals surface area contributed by atoms with Gasteiger partial charge in [-0.25, -0.2) is 9.38 Å². The minimum absolute atomic E-state index is 0.0666. The smallest absolute Gasteiger partial charge is 0.306 e. The predicted octanol–water partition coefficient (Wildman–Crippen LogP) is 2.25. The normalized spacial score (nSPS) is 19.0. The molecule has 0 fully saturated rings.